The van der Waals surface area contributed by atoms with Gasteiger partial charge in [0.15, 0.2) is 0 Å². The minimum atomic E-state index is 0.884. The summed E-state index contributed by atoms with van der Waals surface area (Å²) in [7, 11) is 0. The second-order valence-electron chi connectivity index (χ2n) is 1.80. The molecule has 96 valence electrons. The van der Waals surface area contributed by atoms with E-state index in [0.29, 0.717) is 0 Å². The standard InChI is InChI=1S/C5H12.3C2H6.C2H4.C2H2/c1-4-5(2)3;5*1-2/h5H,4H2,1-3H3;3*1-2H3;1-2H2;1-2H. The van der Waals surface area contributed by atoms with Crippen molar-refractivity contribution >= 4 is 0 Å². The van der Waals surface area contributed by atoms with Crippen molar-refractivity contribution in [1.29, 1.82) is 0 Å². The second-order valence-corrected chi connectivity index (χ2v) is 1.80. The fraction of sp³-hybridized carbons (Fsp3) is 0.733. The first kappa shape index (κ1) is 36.7. The lowest BCUT2D eigenvalue weighted by atomic mass is 10.2. The predicted molar refractivity (Wildman–Crippen MR) is 80.3 cm³/mol. The SMILES string of the molecule is C#C.C=C.CC.CC.CC.CCC(C)C. The maximum Gasteiger partial charge on any atom is -0.0474 e. The molecule has 0 aromatic rings. The van der Waals surface area contributed by atoms with Crippen LogP contribution in [0.1, 0.15) is 68.7 Å². The maximum atomic E-state index is 4.00. The number of rotatable bonds is 1. The Morgan fingerprint density at radius 2 is 0.867 bits per heavy atom. The van der Waals surface area contributed by atoms with Gasteiger partial charge in [0, 0.05) is 0 Å². The number of hydrogen-bond donors (Lipinski definition) is 0. The highest BCUT2D eigenvalue weighted by molar-refractivity contribution is 4.47. The van der Waals surface area contributed by atoms with E-state index >= 15 is 0 Å². The minimum absolute atomic E-state index is 0.884. The molecule has 0 bridgehead atoms. The van der Waals surface area contributed by atoms with E-state index in [2.05, 4.69) is 46.8 Å². The summed E-state index contributed by atoms with van der Waals surface area (Å²) >= 11 is 0. The largest absolute Gasteiger partial charge is 0.124 e. The summed E-state index contributed by atoms with van der Waals surface area (Å²) in [4.78, 5) is 0. The van der Waals surface area contributed by atoms with Crippen molar-refractivity contribution in [3.63, 3.8) is 0 Å². The molecule has 0 spiro atoms. The van der Waals surface area contributed by atoms with Crippen molar-refractivity contribution in [2.75, 3.05) is 0 Å². The maximum absolute atomic E-state index is 4.00. The molecule has 0 rings (SSSR count). The molecule has 0 radical (unpaired) electrons. The molecule has 0 heterocycles. The number of hydrogen-bond acceptors (Lipinski definition) is 0. The van der Waals surface area contributed by atoms with Crippen LogP contribution in [-0.4, -0.2) is 0 Å². The molecule has 0 saturated carbocycles. The van der Waals surface area contributed by atoms with Gasteiger partial charge in [0.05, 0.1) is 0 Å². The Morgan fingerprint density at radius 1 is 0.800 bits per heavy atom. The first-order valence-corrected chi connectivity index (χ1v) is 6.10. The smallest absolute Gasteiger partial charge is 0.0474 e. The molecule has 0 atom stereocenters. The quantitative estimate of drug-likeness (QED) is 0.362. The molecule has 0 amide bonds. The molecule has 0 aliphatic carbocycles. The van der Waals surface area contributed by atoms with Crippen molar-refractivity contribution < 1.29 is 0 Å². The Labute approximate surface area is 101 Å². The highest BCUT2D eigenvalue weighted by Crippen LogP contribution is 1.93. The van der Waals surface area contributed by atoms with Crippen molar-refractivity contribution in [2.24, 2.45) is 5.92 Å². The lowest BCUT2D eigenvalue weighted by molar-refractivity contribution is 0.626. The monoisotopic (exact) mass is 216 g/mol. The Balaban J connectivity index is -0.0000000177. The molecule has 0 aliphatic rings. The van der Waals surface area contributed by atoms with E-state index < -0.39 is 0 Å². The van der Waals surface area contributed by atoms with Crippen LogP contribution in [0.2, 0.25) is 0 Å². The lowest BCUT2D eigenvalue weighted by Gasteiger charge is -1.90. The third-order valence-corrected chi connectivity index (χ3v) is 0.816. The van der Waals surface area contributed by atoms with E-state index in [4.69, 9.17) is 0 Å². The second kappa shape index (κ2) is 185. The summed E-state index contributed by atoms with van der Waals surface area (Å²) in [5.74, 6) is 0.884. The van der Waals surface area contributed by atoms with Crippen molar-refractivity contribution in [3.8, 4) is 12.8 Å². The van der Waals surface area contributed by atoms with Crippen molar-refractivity contribution in [2.45, 2.75) is 68.7 Å². The summed E-state index contributed by atoms with van der Waals surface area (Å²) < 4.78 is 0. The summed E-state index contributed by atoms with van der Waals surface area (Å²) in [6.07, 6.45) is 9.31. The zero-order valence-corrected chi connectivity index (χ0v) is 12.9. The van der Waals surface area contributed by atoms with Crippen LogP contribution < -0.4 is 0 Å². The van der Waals surface area contributed by atoms with Gasteiger partial charge in [0.2, 0.25) is 0 Å². The van der Waals surface area contributed by atoms with Crippen LogP contribution in [0.4, 0.5) is 0 Å². The minimum Gasteiger partial charge on any atom is -0.124 e. The van der Waals surface area contributed by atoms with Gasteiger partial charge in [-0.2, -0.15) is 0 Å². The van der Waals surface area contributed by atoms with E-state index in [1.165, 1.54) is 6.42 Å². The van der Waals surface area contributed by atoms with Crippen LogP contribution in [0.25, 0.3) is 0 Å². The van der Waals surface area contributed by atoms with Gasteiger partial charge in [-0.25, -0.2) is 0 Å². The molecular weight excluding hydrogens is 180 g/mol. The molecule has 0 fully saturated rings. The lowest BCUT2D eigenvalue weighted by Crippen LogP contribution is -1.77. The summed E-state index contributed by atoms with van der Waals surface area (Å²) in [5, 5.41) is 0. The van der Waals surface area contributed by atoms with Gasteiger partial charge in [0.25, 0.3) is 0 Å². The van der Waals surface area contributed by atoms with E-state index in [1.54, 1.807) is 0 Å². The van der Waals surface area contributed by atoms with Gasteiger partial charge in [-0.05, 0) is 5.92 Å². The Hall–Kier alpha value is -0.700. The van der Waals surface area contributed by atoms with E-state index in [9.17, 15) is 0 Å². The average molecular weight is 216 g/mol. The van der Waals surface area contributed by atoms with Gasteiger partial charge in [-0.3, -0.25) is 0 Å². The zero-order chi connectivity index (χ0) is 14.3. The molecule has 0 N–H and O–H groups in total. The fourth-order valence-corrected chi connectivity index (χ4v) is 0. The molecule has 15 heavy (non-hydrogen) atoms. The van der Waals surface area contributed by atoms with Crippen LogP contribution >= 0.6 is 0 Å². The van der Waals surface area contributed by atoms with E-state index in [-0.39, 0.29) is 0 Å². The molecular formula is C15H36. The highest BCUT2D eigenvalue weighted by Gasteiger charge is 1.80. The van der Waals surface area contributed by atoms with E-state index in [0.717, 1.165) is 5.92 Å². The van der Waals surface area contributed by atoms with E-state index in [1.807, 2.05) is 41.5 Å². The first-order chi connectivity index (χ1) is 7.27. The highest BCUT2D eigenvalue weighted by atomic mass is 13.9. The van der Waals surface area contributed by atoms with Crippen LogP contribution in [0.5, 0.6) is 0 Å². The predicted octanol–water partition coefficient (Wildman–Crippen LogP) is 6.18. The third kappa shape index (κ3) is 1000. The summed E-state index contributed by atoms with van der Waals surface area (Å²) in [5.41, 5.74) is 0. The third-order valence-electron chi connectivity index (χ3n) is 0.816. The van der Waals surface area contributed by atoms with Crippen LogP contribution in [0.15, 0.2) is 13.2 Å². The number of terminal acetylenes is 1. The molecule has 0 nitrogen and oxygen atoms in total. The first-order valence-electron chi connectivity index (χ1n) is 6.10. The molecule has 0 aromatic carbocycles. The van der Waals surface area contributed by atoms with Crippen LogP contribution in [0.3, 0.4) is 0 Å². The average Bonchev–Trinajstić information content (AvgIpc) is 2.41. The Kier molecular flexibility index (Phi) is 452. The van der Waals surface area contributed by atoms with Crippen LogP contribution in [0, 0.1) is 18.8 Å². The Morgan fingerprint density at radius 3 is 0.867 bits per heavy atom. The summed E-state index contributed by atoms with van der Waals surface area (Å²) in [6.45, 7) is 24.6. The molecule has 0 aliphatic heterocycles. The fourth-order valence-electron chi connectivity index (χ4n) is 0. The molecule has 0 aromatic heterocycles. The molecule has 0 unspecified atom stereocenters. The van der Waals surface area contributed by atoms with Crippen molar-refractivity contribution in [1.82, 2.24) is 0 Å². The van der Waals surface area contributed by atoms with Gasteiger partial charge in [-0.1, -0.05) is 68.7 Å². The van der Waals surface area contributed by atoms with Gasteiger partial charge in [0.1, 0.15) is 0 Å². The normalized spacial score (nSPS) is 4.80. The van der Waals surface area contributed by atoms with Crippen molar-refractivity contribution in [3.05, 3.63) is 13.2 Å². The van der Waals surface area contributed by atoms with Gasteiger partial charge >= 0.3 is 0 Å². The Bertz CT molecular complexity index is 41.2. The van der Waals surface area contributed by atoms with Gasteiger partial charge < -0.3 is 0 Å². The molecule has 0 heteroatoms. The zero-order valence-electron chi connectivity index (χ0n) is 12.9. The molecule has 0 saturated heterocycles. The van der Waals surface area contributed by atoms with Gasteiger partial charge in [-0.15, -0.1) is 26.0 Å². The summed E-state index contributed by atoms with van der Waals surface area (Å²) in [6, 6.07) is 0. The topological polar surface area (TPSA) is 0 Å². The van der Waals surface area contributed by atoms with Crippen LogP contribution in [-0.2, 0) is 0 Å².